The molecule has 0 spiro atoms. The SMILES string of the molecule is COC(=O)Oc1cncc2[nH]cc(CCN)c12. The molecule has 0 aliphatic rings. The molecule has 0 radical (unpaired) electrons. The number of carbonyl (C=O) groups is 1. The summed E-state index contributed by atoms with van der Waals surface area (Å²) in [6.45, 7) is 0.521. The van der Waals surface area contributed by atoms with Gasteiger partial charge in [-0.05, 0) is 18.5 Å². The van der Waals surface area contributed by atoms with Gasteiger partial charge in [0.25, 0.3) is 0 Å². The fraction of sp³-hybridized carbons (Fsp3) is 0.273. The summed E-state index contributed by atoms with van der Waals surface area (Å²) < 4.78 is 9.49. The van der Waals surface area contributed by atoms with Gasteiger partial charge >= 0.3 is 6.16 Å². The summed E-state index contributed by atoms with van der Waals surface area (Å²) >= 11 is 0. The van der Waals surface area contributed by atoms with Gasteiger partial charge in [0.1, 0.15) is 0 Å². The van der Waals surface area contributed by atoms with Gasteiger partial charge in [-0.3, -0.25) is 4.98 Å². The van der Waals surface area contributed by atoms with Crippen LogP contribution in [0, 0.1) is 0 Å². The lowest BCUT2D eigenvalue weighted by Crippen LogP contribution is -2.08. The van der Waals surface area contributed by atoms with Crippen LogP contribution in [0.25, 0.3) is 10.9 Å². The zero-order chi connectivity index (χ0) is 12.3. The predicted octanol–water partition coefficient (Wildman–Crippen LogP) is 1.21. The van der Waals surface area contributed by atoms with E-state index in [0.29, 0.717) is 18.7 Å². The van der Waals surface area contributed by atoms with Crippen molar-refractivity contribution in [3.63, 3.8) is 0 Å². The molecule has 3 N–H and O–H groups in total. The van der Waals surface area contributed by atoms with Gasteiger partial charge in [-0.25, -0.2) is 4.79 Å². The Morgan fingerprint density at radius 3 is 3.06 bits per heavy atom. The van der Waals surface area contributed by atoms with E-state index in [1.54, 1.807) is 6.20 Å². The Morgan fingerprint density at radius 1 is 1.53 bits per heavy atom. The maximum Gasteiger partial charge on any atom is 0.513 e. The van der Waals surface area contributed by atoms with Crippen molar-refractivity contribution in [2.45, 2.75) is 6.42 Å². The lowest BCUT2D eigenvalue weighted by molar-refractivity contribution is 0.122. The molecule has 0 fully saturated rings. The summed E-state index contributed by atoms with van der Waals surface area (Å²) in [4.78, 5) is 18.1. The van der Waals surface area contributed by atoms with Crippen LogP contribution in [0.3, 0.4) is 0 Å². The van der Waals surface area contributed by atoms with E-state index in [2.05, 4.69) is 14.7 Å². The molecule has 0 unspecified atom stereocenters. The van der Waals surface area contributed by atoms with Crippen LogP contribution in [-0.4, -0.2) is 29.8 Å². The van der Waals surface area contributed by atoms with Crippen LogP contribution < -0.4 is 10.5 Å². The fourth-order valence-electron chi connectivity index (χ4n) is 1.68. The van der Waals surface area contributed by atoms with Crippen molar-refractivity contribution in [3.8, 4) is 5.75 Å². The highest BCUT2D eigenvalue weighted by Gasteiger charge is 2.13. The average Bonchev–Trinajstić information content (AvgIpc) is 2.74. The molecule has 2 heterocycles. The van der Waals surface area contributed by atoms with E-state index in [1.165, 1.54) is 13.3 Å². The minimum absolute atomic E-state index is 0.374. The summed E-state index contributed by atoms with van der Waals surface area (Å²) in [6.07, 6.45) is 4.91. The molecular formula is C11H13N3O3. The van der Waals surface area contributed by atoms with E-state index in [9.17, 15) is 4.79 Å². The molecule has 0 aliphatic carbocycles. The van der Waals surface area contributed by atoms with Gasteiger partial charge in [-0.2, -0.15) is 0 Å². The smallest absolute Gasteiger partial charge is 0.437 e. The Hall–Kier alpha value is -2.08. The second-order valence-electron chi connectivity index (χ2n) is 3.47. The molecule has 2 aromatic heterocycles. The number of pyridine rings is 1. The van der Waals surface area contributed by atoms with Gasteiger partial charge in [0.15, 0.2) is 5.75 Å². The summed E-state index contributed by atoms with van der Waals surface area (Å²) in [5.74, 6) is 0.374. The third kappa shape index (κ3) is 2.21. The maximum absolute atomic E-state index is 11.1. The number of aromatic amines is 1. The zero-order valence-corrected chi connectivity index (χ0v) is 9.40. The Labute approximate surface area is 97.7 Å². The molecular weight excluding hydrogens is 222 g/mol. The lowest BCUT2D eigenvalue weighted by atomic mass is 10.1. The Balaban J connectivity index is 2.46. The Kier molecular flexibility index (Phi) is 3.24. The highest BCUT2D eigenvalue weighted by Crippen LogP contribution is 2.28. The summed E-state index contributed by atoms with van der Waals surface area (Å²) in [5, 5.41) is 0.816. The average molecular weight is 235 g/mol. The van der Waals surface area contributed by atoms with Crippen LogP contribution in [0.1, 0.15) is 5.56 Å². The molecule has 0 aromatic carbocycles. The number of hydrogen-bond acceptors (Lipinski definition) is 5. The van der Waals surface area contributed by atoms with E-state index in [0.717, 1.165) is 16.5 Å². The molecule has 6 nitrogen and oxygen atoms in total. The molecule has 0 amide bonds. The lowest BCUT2D eigenvalue weighted by Gasteiger charge is -2.05. The van der Waals surface area contributed by atoms with Crippen molar-refractivity contribution >= 4 is 17.1 Å². The standard InChI is InChI=1S/C11H13N3O3/c1-16-11(15)17-9-6-13-5-8-10(9)7(2-3-12)4-14-8/h4-6,14H,2-3,12H2,1H3. The van der Waals surface area contributed by atoms with Crippen molar-refractivity contribution in [1.82, 2.24) is 9.97 Å². The summed E-state index contributed by atoms with van der Waals surface area (Å²) in [6, 6.07) is 0. The van der Waals surface area contributed by atoms with Crippen molar-refractivity contribution in [1.29, 1.82) is 0 Å². The number of rotatable bonds is 3. The first-order valence-corrected chi connectivity index (χ1v) is 5.16. The number of ether oxygens (including phenoxy) is 2. The third-order valence-electron chi connectivity index (χ3n) is 2.41. The fourth-order valence-corrected chi connectivity index (χ4v) is 1.68. The molecule has 90 valence electrons. The van der Waals surface area contributed by atoms with E-state index in [-0.39, 0.29) is 0 Å². The number of H-pyrrole nitrogens is 1. The second-order valence-corrected chi connectivity index (χ2v) is 3.47. The minimum Gasteiger partial charge on any atom is -0.437 e. The molecule has 0 atom stereocenters. The number of fused-ring (bicyclic) bond motifs is 1. The van der Waals surface area contributed by atoms with Crippen molar-refractivity contribution in [2.75, 3.05) is 13.7 Å². The van der Waals surface area contributed by atoms with Gasteiger partial charge < -0.3 is 20.2 Å². The predicted molar refractivity (Wildman–Crippen MR) is 61.9 cm³/mol. The highest BCUT2D eigenvalue weighted by atomic mass is 16.7. The number of carbonyl (C=O) groups excluding carboxylic acids is 1. The number of nitrogens with one attached hydrogen (secondary N) is 1. The molecule has 0 bridgehead atoms. The first-order chi connectivity index (χ1) is 8.26. The first-order valence-electron chi connectivity index (χ1n) is 5.16. The van der Waals surface area contributed by atoms with Crippen LogP contribution >= 0.6 is 0 Å². The second kappa shape index (κ2) is 4.84. The number of methoxy groups -OCH3 is 1. The van der Waals surface area contributed by atoms with Crippen LogP contribution in [0.4, 0.5) is 4.79 Å². The normalized spacial score (nSPS) is 10.5. The molecule has 0 aliphatic heterocycles. The van der Waals surface area contributed by atoms with Gasteiger partial charge in [-0.15, -0.1) is 0 Å². The van der Waals surface area contributed by atoms with Crippen LogP contribution in [-0.2, 0) is 11.2 Å². The topological polar surface area (TPSA) is 90.2 Å². The summed E-state index contributed by atoms with van der Waals surface area (Å²) in [5.41, 5.74) is 7.32. The van der Waals surface area contributed by atoms with Crippen molar-refractivity contribution in [2.24, 2.45) is 5.73 Å². The Bertz CT molecular complexity index is 536. The quantitative estimate of drug-likeness (QED) is 0.780. The molecule has 2 rings (SSSR count). The monoisotopic (exact) mass is 235 g/mol. The molecule has 6 heteroatoms. The van der Waals surface area contributed by atoms with Gasteiger partial charge in [0.05, 0.1) is 25.0 Å². The number of nitrogens with two attached hydrogens (primary N) is 1. The van der Waals surface area contributed by atoms with Gasteiger partial charge in [0, 0.05) is 11.6 Å². The van der Waals surface area contributed by atoms with E-state index >= 15 is 0 Å². The van der Waals surface area contributed by atoms with Crippen LogP contribution in [0.15, 0.2) is 18.6 Å². The van der Waals surface area contributed by atoms with Gasteiger partial charge in [-0.1, -0.05) is 0 Å². The first kappa shape index (κ1) is 11.4. The highest BCUT2D eigenvalue weighted by molar-refractivity contribution is 5.89. The van der Waals surface area contributed by atoms with Gasteiger partial charge in [0.2, 0.25) is 0 Å². The van der Waals surface area contributed by atoms with E-state index < -0.39 is 6.16 Å². The maximum atomic E-state index is 11.1. The molecule has 0 saturated carbocycles. The Morgan fingerprint density at radius 2 is 2.35 bits per heavy atom. The van der Waals surface area contributed by atoms with Crippen LogP contribution in [0.2, 0.25) is 0 Å². The number of aromatic nitrogens is 2. The number of nitrogens with zero attached hydrogens (tertiary/aromatic N) is 1. The third-order valence-corrected chi connectivity index (χ3v) is 2.41. The molecule has 2 aromatic rings. The molecule has 0 saturated heterocycles. The van der Waals surface area contributed by atoms with Crippen molar-refractivity contribution in [3.05, 3.63) is 24.2 Å². The largest absolute Gasteiger partial charge is 0.513 e. The van der Waals surface area contributed by atoms with E-state index in [1.807, 2.05) is 6.20 Å². The molecule has 17 heavy (non-hydrogen) atoms. The summed E-state index contributed by atoms with van der Waals surface area (Å²) in [7, 11) is 1.26. The zero-order valence-electron chi connectivity index (χ0n) is 9.40. The minimum atomic E-state index is -0.765. The van der Waals surface area contributed by atoms with E-state index in [4.69, 9.17) is 10.5 Å². The number of hydrogen-bond donors (Lipinski definition) is 2. The van der Waals surface area contributed by atoms with Crippen LogP contribution in [0.5, 0.6) is 5.75 Å². The van der Waals surface area contributed by atoms with Crippen molar-refractivity contribution < 1.29 is 14.3 Å².